The van der Waals surface area contributed by atoms with Crippen LogP contribution in [-0.2, 0) is 13.6 Å². The first-order valence-electron chi connectivity index (χ1n) is 6.57. The van der Waals surface area contributed by atoms with Crippen LogP contribution in [0.1, 0.15) is 22.5 Å². The second kappa shape index (κ2) is 4.63. The normalized spacial score (nSPS) is 11.4. The van der Waals surface area contributed by atoms with Crippen LogP contribution < -0.4 is 0 Å². The molecule has 0 spiro atoms. The van der Waals surface area contributed by atoms with Crippen LogP contribution in [0.5, 0.6) is 0 Å². The van der Waals surface area contributed by atoms with Gasteiger partial charge in [-0.05, 0) is 44.0 Å². The molecule has 3 aromatic rings. The number of benzene rings is 1. The van der Waals surface area contributed by atoms with Crippen molar-refractivity contribution in [1.29, 1.82) is 0 Å². The summed E-state index contributed by atoms with van der Waals surface area (Å²) in [6.45, 7) is 6.82. The molecule has 4 nitrogen and oxygen atoms in total. The molecule has 0 unspecified atom stereocenters. The van der Waals surface area contributed by atoms with Gasteiger partial charge >= 0.3 is 0 Å². The highest BCUT2D eigenvalue weighted by Gasteiger charge is 2.13. The highest BCUT2D eigenvalue weighted by molar-refractivity contribution is 6.31. The molecule has 0 amide bonds. The molecular weight excluding hydrogens is 272 g/mol. The van der Waals surface area contributed by atoms with E-state index in [4.69, 9.17) is 11.6 Å². The van der Waals surface area contributed by atoms with Crippen molar-refractivity contribution in [3.63, 3.8) is 0 Å². The van der Waals surface area contributed by atoms with E-state index in [9.17, 15) is 0 Å². The van der Waals surface area contributed by atoms with Crippen molar-refractivity contribution in [2.24, 2.45) is 7.05 Å². The minimum atomic E-state index is 0.676. The van der Waals surface area contributed by atoms with E-state index in [1.54, 1.807) is 0 Å². The van der Waals surface area contributed by atoms with E-state index in [1.807, 2.05) is 25.0 Å². The molecular formula is C15H17ClN4. The predicted octanol–water partition coefficient (Wildman–Crippen LogP) is 3.40. The Balaban J connectivity index is 2.09. The highest BCUT2D eigenvalue weighted by Crippen LogP contribution is 2.23. The minimum absolute atomic E-state index is 0.676. The number of nitrogens with zero attached hydrogens (tertiary/aromatic N) is 4. The van der Waals surface area contributed by atoms with Gasteiger partial charge in [0.15, 0.2) is 0 Å². The summed E-state index contributed by atoms with van der Waals surface area (Å²) in [5, 5.41) is 5.09. The molecule has 3 rings (SSSR count). The lowest BCUT2D eigenvalue weighted by Crippen LogP contribution is -2.05. The first-order valence-corrected chi connectivity index (χ1v) is 6.95. The molecule has 5 heteroatoms. The molecule has 1 aromatic carbocycles. The summed E-state index contributed by atoms with van der Waals surface area (Å²) >= 11 is 6.32. The summed E-state index contributed by atoms with van der Waals surface area (Å²) < 4.78 is 3.95. The van der Waals surface area contributed by atoms with Crippen molar-refractivity contribution >= 4 is 22.6 Å². The number of rotatable bonds is 2. The molecule has 0 N–H and O–H groups in total. The number of imidazole rings is 1. The third-order valence-corrected chi connectivity index (χ3v) is 4.31. The van der Waals surface area contributed by atoms with Crippen molar-refractivity contribution in [2.45, 2.75) is 27.3 Å². The number of aromatic nitrogens is 4. The van der Waals surface area contributed by atoms with E-state index < -0.39 is 0 Å². The highest BCUT2D eigenvalue weighted by atomic mass is 35.5. The van der Waals surface area contributed by atoms with E-state index in [0.717, 1.165) is 27.4 Å². The van der Waals surface area contributed by atoms with Gasteiger partial charge in [0.1, 0.15) is 0 Å². The minimum Gasteiger partial charge on any atom is -0.324 e. The van der Waals surface area contributed by atoms with E-state index in [0.29, 0.717) is 6.54 Å². The van der Waals surface area contributed by atoms with Gasteiger partial charge in [0.05, 0.1) is 40.3 Å². The summed E-state index contributed by atoms with van der Waals surface area (Å²) in [6.07, 6.45) is 1.86. The molecule has 0 radical (unpaired) electrons. The molecule has 0 aliphatic rings. The lowest BCUT2D eigenvalue weighted by Gasteiger charge is -2.07. The third kappa shape index (κ3) is 2.00. The number of halogens is 1. The summed E-state index contributed by atoms with van der Waals surface area (Å²) in [5.41, 5.74) is 6.54. The topological polar surface area (TPSA) is 35.6 Å². The molecule has 0 fully saturated rings. The van der Waals surface area contributed by atoms with Crippen LogP contribution in [-0.4, -0.2) is 19.3 Å². The number of aryl methyl sites for hydroxylation is 4. The first-order chi connectivity index (χ1) is 9.47. The van der Waals surface area contributed by atoms with Gasteiger partial charge in [0.2, 0.25) is 0 Å². The Kier molecular flexibility index (Phi) is 3.05. The van der Waals surface area contributed by atoms with Crippen molar-refractivity contribution in [2.75, 3.05) is 0 Å². The maximum Gasteiger partial charge on any atom is 0.0962 e. The Hall–Kier alpha value is -1.81. The van der Waals surface area contributed by atoms with Crippen LogP contribution >= 0.6 is 11.6 Å². The molecule has 104 valence electrons. The molecule has 0 bridgehead atoms. The zero-order valence-corrected chi connectivity index (χ0v) is 12.9. The molecule has 0 aliphatic carbocycles. The molecule has 2 aromatic heterocycles. The Morgan fingerprint density at radius 3 is 2.50 bits per heavy atom. The molecule has 0 saturated carbocycles. The zero-order valence-electron chi connectivity index (χ0n) is 12.1. The van der Waals surface area contributed by atoms with Crippen molar-refractivity contribution < 1.29 is 0 Å². The summed E-state index contributed by atoms with van der Waals surface area (Å²) in [4.78, 5) is 4.47. The fraction of sp³-hybridized carbons (Fsp3) is 0.333. The van der Waals surface area contributed by atoms with Gasteiger partial charge in [-0.1, -0.05) is 11.6 Å². The molecule has 2 heterocycles. The maximum atomic E-state index is 6.32. The van der Waals surface area contributed by atoms with Gasteiger partial charge < -0.3 is 4.57 Å². The predicted molar refractivity (Wildman–Crippen MR) is 81.3 cm³/mol. The van der Waals surface area contributed by atoms with Crippen LogP contribution in [0.2, 0.25) is 5.02 Å². The SMILES string of the molecule is Cc1cc2ncn(Cc3c(Cl)c(C)nn3C)c2cc1C. The smallest absolute Gasteiger partial charge is 0.0962 e. The summed E-state index contributed by atoms with van der Waals surface area (Å²) in [6, 6.07) is 4.30. The van der Waals surface area contributed by atoms with Crippen molar-refractivity contribution in [3.05, 3.63) is 46.0 Å². The van der Waals surface area contributed by atoms with Gasteiger partial charge in [-0.3, -0.25) is 4.68 Å². The Morgan fingerprint density at radius 1 is 1.15 bits per heavy atom. The van der Waals surface area contributed by atoms with Gasteiger partial charge in [0, 0.05) is 7.05 Å². The standard InChI is InChI=1S/C15H17ClN4/c1-9-5-12-13(6-10(9)2)20(8-17-12)7-14-15(16)11(3)18-19(14)4/h5-6,8H,7H2,1-4H3. The Morgan fingerprint density at radius 2 is 1.85 bits per heavy atom. The fourth-order valence-electron chi connectivity index (χ4n) is 2.45. The molecule has 0 saturated heterocycles. The van der Waals surface area contributed by atoms with Crippen LogP contribution in [0.3, 0.4) is 0 Å². The van der Waals surface area contributed by atoms with Crippen LogP contribution in [0.25, 0.3) is 11.0 Å². The lowest BCUT2D eigenvalue weighted by molar-refractivity contribution is 0.671. The second-order valence-electron chi connectivity index (χ2n) is 5.27. The first kappa shape index (κ1) is 13.2. The second-order valence-corrected chi connectivity index (χ2v) is 5.65. The number of hydrogen-bond acceptors (Lipinski definition) is 2. The van der Waals surface area contributed by atoms with Crippen LogP contribution in [0.4, 0.5) is 0 Å². The largest absolute Gasteiger partial charge is 0.324 e. The van der Waals surface area contributed by atoms with Gasteiger partial charge in [-0.2, -0.15) is 5.10 Å². The third-order valence-electron chi connectivity index (χ3n) is 3.82. The van der Waals surface area contributed by atoms with E-state index >= 15 is 0 Å². The van der Waals surface area contributed by atoms with E-state index in [2.05, 4.69) is 40.6 Å². The lowest BCUT2D eigenvalue weighted by atomic mass is 10.1. The average molecular weight is 289 g/mol. The van der Waals surface area contributed by atoms with Gasteiger partial charge in [0.25, 0.3) is 0 Å². The summed E-state index contributed by atoms with van der Waals surface area (Å²) in [5.74, 6) is 0. The Bertz CT molecular complexity index is 798. The summed E-state index contributed by atoms with van der Waals surface area (Å²) in [7, 11) is 1.92. The quantitative estimate of drug-likeness (QED) is 0.724. The molecule has 0 aliphatic heterocycles. The fourth-order valence-corrected chi connectivity index (χ4v) is 2.67. The van der Waals surface area contributed by atoms with E-state index in [-0.39, 0.29) is 0 Å². The average Bonchev–Trinajstić information content (AvgIpc) is 2.87. The van der Waals surface area contributed by atoms with Crippen LogP contribution in [0.15, 0.2) is 18.5 Å². The number of hydrogen-bond donors (Lipinski definition) is 0. The van der Waals surface area contributed by atoms with Gasteiger partial charge in [-0.15, -0.1) is 0 Å². The maximum absolute atomic E-state index is 6.32. The number of fused-ring (bicyclic) bond motifs is 1. The van der Waals surface area contributed by atoms with Gasteiger partial charge in [-0.25, -0.2) is 4.98 Å². The Labute approximate surface area is 123 Å². The van der Waals surface area contributed by atoms with E-state index in [1.165, 1.54) is 11.1 Å². The van der Waals surface area contributed by atoms with Crippen LogP contribution in [0, 0.1) is 20.8 Å². The molecule has 0 atom stereocenters. The monoisotopic (exact) mass is 288 g/mol. The molecule has 20 heavy (non-hydrogen) atoms. The zero-order chi connectivity index (χ0) is 14.4. The van der Waals surface area contributed by atoms with Crippen molar-refractivity contribution in [1.82, 2.24) is 19.3 Å². The van der Waals surface area contributed by atoms with Crippen molar-refractivity contribution in [3.8, 4) is 0 Å².